The molecule has 18 heteroatoms. The highest BCUT2D eigenvalue weighted by Crippen LogP contribution is 2.46. The summed E-state index contributed by atoms with van der Waals surface area (Å²) < 4.78 is 28.4. The molecule has 12 N–H and O–H groups in total. The number of aromatic hydroxyl groups is 4. The van der Waals surface area contributed by atoms with Gasteiger partial charge in [-0.25, -0.2) is 4.42 Å². The predicted molar refractivity (Wildman–Crippen MR) is 149 cm³/mol. The van der Waals surface area contributed by atoms with Crippen LogP contribution in [0.4, 0.5) is 0 Å². The van der Waals surface area contributed by atoms with Crippen LogP contribution in [0.2, 0.25) is 0 Å². The average molecular weight is 664 g/mol. The molecule has 2 fully saturated rings. The first-order valence-electron chi connectivity index (χ1n) is 13.1. The van der Waals surface area contributed by atoms with Gasteiger partial charge in [-0.15, -0.1) is 12.4 Å². The van der Waals surface area contributed by atoms with E-state index >= 15 is 0 Å². The Morgan fingerprint density at radius 3 is 1.98 bits per heavy atom. The standard InChI is InChI=1S/C27H30O17.ClH/c28-6-17-20(35)22(37)23(38)26(42-17)41-15-4-10(31)3-14-11(15)5-16(24(40-14)9-1-12(32)19(34)13(33)2-9)43-27(8-30)25(39)21(36)18(7-29)44-27;/h1-5,17-18,20-23,25-26,28-30,35-39H,6-8H2,(H3-,31,32,33,34);1H/p+1. The molecular formula is C27H32ClO17+. The molecular weight excluding hydrogens is 632 g/mol. The number of ether oxygens (including phenoxy) is 4. The number of aliphatic hydroxyl groups is 8. The van der Waals surface area contributed by atoms with Crippen molar-refractivity contribution in [3.05, 3.63) is 30.3 Å². The zero-order valence-electron chi connectivity index (χ0n) is 22.9. The number of aliphatic hydroxyl groups excluding tert-OH is 8. The fraction of sp³-hybridized carbons (Fsp3) is 0.444. The number of phenols is 4. The van der Waals surface area contributed by atoms with Crippen LogP contribution in [0, 0.1) is 0 Å². The Hall–Kier alpha value is -3.46. The minimum absolute atomic E-state index is 0. The summed E-state index contributed by atoms with van der Waals surface area (Å²) in [7, 11) is 0. The van der Waals surface area contributed by atoms with Crippen molar-refractivity contribution in [2.45, 2.75) is 54.8 Å². The lowest BCUT2D eigenvalue weighted by Crippen LogP contribution is -2.60. The van der Waals surface area contributed by atoms with Crippen LogP contribution in [-0.4, -0.2) is 136 Å². The van der Waals surface area contributed by atoms with Gasteiger partial charge in [0.25, 0.3) is 5.79 Å². The van der Waals surface area contributed by atoms with E-state index in [1.54, 1.807) is 0 Å². The zero-order chi connectivity index (χ0) is 32.1. The molecule has 5 rings (SSSR count). The van der Waals surface area contributed by atoms with Gasteiger partial charge in [0.05, 0.1) is 24.8 Å². The molecule has 3 heterocycles. The Morgan fingerprint density at radius 1 is 0.756 bits per heavy atom. The van der Waals surface area contributed by atoms with Crippen molar-refractivity contribution in [2.24, 2.45) is 0 Å². The van der Waals surface area contributed by atoms with E-state index in [-0.39, 0.29) is 40.4 Å². The molecule has 3 aromatic rings. The topological polar surface area (TPSA) is 291 Å². The Balaban J connectivity index is 0.00000461. The van der Waals surface area contributed by atoms with Crippen molar-refractivity contribution < 1.29 is 84.6 Å². The van der Waals surface area contributed by atoms with Crippen LogP contribution in [0.5, 0.6) is 34.5 Å². The van der Waals surface area contributed by atoms with E-state index in [0.717, 1.165) is 24.3 Å². The van der Waals surface area contributed by atoms with E-state index in [1.807, 2.05) is 0 Å². The molecule has 0 saturated carbocycles. The van der Waals surface area contributed by atoms with Crippen molar-refractivity contribution in [1.29, 1.82) is 0 Å². The summed E-state index contributed by atoms with van der Waals surface area (Å²) in [6.45, 7) is -2.59. The van der Waals surface area contributed by atoms with Gasteiger partial charge in [0.15, 0.2) is 17.2 Å². The number of rotatable bonds is 8. The summed E-state index contributed by atoms with van der Waals surface area (Å²) in [5.41, 5.74) is -0.313. The molecule has 0 radical (unpaired) electrons. The minimum Gasteiger partial charge on any atom is -0.507 e. The van der Waals surface area contributed by atoms with E-state index in [9.17, 15) is 61.3 Å². The maximum absolute atomic E-state index is 10.7. The first-order valence-corrected chi connectivity index (χ1v) is 13.1. The summed E-state index contributed by atoms with van der Waals surface area (Å²) in [5.74, 6) is -6.32. The number of hydrogen-bond acceptors (Lipinski definition) is 16. The smallest absolute Gasteiger partial charge is 0.402 e. The van der Waals surface area contributed by atoms with Crippen molar-refractivity contribution in [3.63, 3.8) is 0 Å². The first kappa shape index (κ1) is 34.4. The number of halogens is 1. The molecule has 1 aromatic heterocycles. The van der Waals surface area contributed by atoms with E-state index in [2.05, 4.69) is 0 Å². The lowest BCUT2D eigenvalue weighted by molar-refractivity contribution is -0.277. The molecule has 248 valence electrons. The Morgan fingerprint density at radius 2 is 1.40 bits per heavy atom. The first-order chi connectivity index (χ1) is 20.8. The molecule has 0 bridgehead atoms. The number of hydrogen-bond donors (Lipinski definition) is 12. The fourth-order valence-corrected chi connectivity index (χ4v) is 5.01. The van der Waals surface area contributed by atoms with Crippen molar-refractivity contribution in [2.75, 3.05) is 19.8 Å². The molecule has 9 unspecified atom stereocenters. The SMILES string of the molecule is Cl.OCC1OC(Oc2cc(O)cc3[o+]c(-c4cc(O)c(O)c(O)c4)c(OC4(CO)OC(CO)C(O)C4O)cc23)C(O)C(O)C1O. The Kier molecular flexibility index (Phi) is 10.0. The van der Waals surface area contributed by atoms with Gasteiger partial charge in [-0.2, -0.15) is 0 Å². The lowest BCUT2D eigenvalue weighted by Gasteiger charge is -2.39. The molecule has 0 aliphatic carbocycles. The lowest BCUT2D eigenvalue weighted by atomic mass is 9.99. The maximum atomic E-state index is 10.7. The highest BCUT2D eigenvalue weighted by molar-refractivity contribution is 5.89. The van der Waals surface area contributed by atoms with Crippen LogP contribution >= 0.6 is 12.4 Å². The molecule has 2 aliphatic heterocycles. The number of phenolic OH excluding ortho intramolecular Hbond substituents is 4. The van der Waals surface area contributed by atoms with Gasteiger partial charge in [0.1, 0.15) is 66.2 Å². The van der Waals surface area contributed by atoms with Gasteiger partial charge in [0.2, 0.25) is 12.0 Å². The third-order valence-corrected chi connectivity index (χ3v) is 7.41. The molecule has 9 atom stereocenters. The van der Waals surface area contributed by atoms with E-state index < -0.39 is 103 Å². The third-order valence-electron chi connectivity index (χ3n) is 7.41. The van der Waals surface area contributed by atoms with Crippen LogP contribution in [0.3, 0.4) is 0 Å². The second-order valence-electron chi connectivity index (χ2n) is 10.3. The van der Waals surface area contributed by atoms with Crippen LogP contribution in [0.25, 0.3) is 22.3 Å². The molecule has 2 aliphatic rings. The number of benzene rings is 2. The Bertz CT molecular complexity index is 1500. The van der Waals surface area contributed by atoms with Crippen LogP contribution in [-0.2, 0) is 9.47 Å². The highest BCUT2D eigenvalue weighted by Gasteiger charge is 2.57. The second-order valence-corrected chi connectivity index (χ2v) is 10.3. The van der Waals surface area contributed by atoms with Crippen LogP contribution in [0.15, 0.2) is 34.7 Å². The van der Waals surface area contributed by atoms with E-state index in [0.29, 0.717) is 0 Å². The second kappa shape index (κ2) is 13.1. The maximum Gasteiger partial charge on any atom is 0.402 e. The summed E-state index contributed by atoms with van der Waals surface area (Å²) in [4.78, 5) is 0. The molecule has 0 spiro atoms. The van der Waals surface area contributed by atoms with Gasteiger partial charge >= 0.3 is 11.3 Å². The van der Waals surface area contributed by atoms with Crippen molar-refractivity contribution in [1.82, 2.24) is 0 Å². The van der Waals surface area contributed by atoms with Crippen molar-refractivity contribution in [3.8, 4) is 45.8 Å². The van der Waals surface area contributed by atoms with Crippen molar-refractivity contribution >= 4 is 23.4 Å². The average Bonchev–Trinajstić information content (AvgIpc) is 3.24. The summed E-state index contributed by atoms with van der Waals surface area (Å²) in [5, 5.41) is 122. The van der Waals surface area contributed by atoms with Gasteiger partial charge in [0, 0.05) is 24.3 Å². The van der Waals surface area contributed by atoms with Crippen LogP contribution < -0.4 is 9.47 Å². The Labute approximate surface area is 258 Å². The monoisotopic (exact) mass is 663 g/mol. The molecule has 2 aromatic carbocycles. The summed E-state index contributed by atoms with van der Waals surface area (Å²) in [6, 6.07) is 5.25. The van der Waals surface area contributed by atoms with Gasteiger partial charge in [-0.1, -0.05) is 0 Å². The van der Waals surface area contributed by atoms with E-state index in [4.69, 9.17) is 23.4 Å². The van der Waals surface area contributed by atoms with Gasteiger partial charge < -0.3 is 80.2 Å². The molecule has 2 saturated heterocycles. The molecule has 0 amide bonds. The third kappa shape index (κ3) is 6.08. The quantitative estimate of drug-likeness (QED) is 0.0915. The fourth-order valence-electron chi connectivity index (χ4n) is 5.01. The predicted octanol–water partition coefficient (Wildman–Crippen LogP) is -2.02. The molecule has 17 nitrogen and oxygen atoms in total. The van der Waals surface area contributed by atoms with Gasteiger partial charge in [-0.05, 0) is 0 Å². The minimum atomic E-state index is -2.40. The van der Waals surface area contributed by atoms with Gasteiger partial charge in [-0.3, -0.25) is 0 Å². The number of fused-ring (bicyclic) bond motifs is 1. The largest absolute Gasteiger partial charge is 0.507 e. The normalized spacial score (nSPS) is 31.5. The summed E-state index contributed by atoms with van der Waals surface area (Å²) in [6.07, 6.45) is -13.4. The summed E-state index contributed by atoms with van der Waals surface area (Å²) >= 11 is 0. The highest BCUT2D eigenvalue weighted by atomic mass is 35.5. The molecule has 45 heavy (non-hydrogen) atoms. The van der Waals surface area contributed by atoms with Crippen LogP contribution in [0.1, 0.15) is 0 Å². The van der Waals surface area contributed by atoms with E-state index in [1.165, 1.54) is 6.07 Å². The zero-order valence-corrected chi connectivity index (χ0v) is 23.8.